The van der Waals surface area contributed by atoms with Crippen LogP contribution in [-0.2, 0) is 12.8 Å². The molecule has 1 heterocycles. The molecule has 0 fully saturated rings. The van der Waals surface area contributed by atoms with Gasteiger partial charge in [-0.25, -0.2) is 4.98 Å². The van der Waals surface area contributed by atoms with E-state index in [0.717, 1.165) is 18.8 Å². The fourth-order valence-electron chi connectivity index (χ4n) is 1.98. The number of aromatic nitrogens is 1. The molecule has 0 spiro atoms. The van der Waals surface area contributed by atoms with Crippen LogP contribution in [0, 0.1) is 0 Å². The minimum atomic E-state index is 0.140. The Morgan fingerprint density at radius 3 is 2.76 bits per heavy atom. The lowest BCUT2D eigenvalue weighted by Gasteiger charge is -2.32. The molecule has 94 valence electrons. The van der Waals surface area contributed by atoms with Gasteiger partial charge in [0, 0.05) is 17.8 Å². The first-order valence-corrected chi connectivity index (χ1v) is 6.39. The van der Waals surface area contributed by atoms with E-state index in [9.17, 15) is 0 Å². The number of pyridine rings is 1. The molecule has 0 radical (unpaired) electrons. The van der Waals surface area contributed by atoms with Gasteiger partial charge in [-0.05, 0) is 58.8 Å². The Balaban J connectivity index is 2.00. The molecule has 0 amide bonds. The summed E-state index contributed by atoms with van der Waals surface area (Å²) in [5, 5.41) is 3.44. The first kappa shape index (κ1) is 12.4. The van der Waals surface area contributed by atoms with Gasteiger partial charge in [0.15, 0.2) is 0 Å². The average Bonchev–Trinajstić information content (AvgIpc) is 2.73. The molecule has 0 unspecified atom stereocenters. The standard InChI is InChI=1S/C14H23N3/c1-14(2,17(3)4)10-15-13-9-8-11-6-5-7-12(11)16-13/h8-9H,5-7,10H2,1-4H3,(H,15,16). The second-order valence-electron chi connectivity index (χ2n) is 5.72. The van der Waals surface area contributed by atoms with Crippen molar-refractivity contribution in [2.75, 3.05) is 26.0 Å². The fourth-order valence-corrected chi connectivity index (χ4v) is 1.98. The largest absolute Gasteiger partial charge is 0.368 e. The summed E-state index contributed by atoms with van der Waals surface area (Å²) < 4.78 is 0. The van der Waals surface area contributed by atoms with E-state index >= 15 is 0 Å². The third-order valence-electron chi connectivity index (χ3n) is 3.84. The van der Waals surface area contributed by atoms with Crippen molar-refractivity contribution in [1.29, 1.82) is 0 Å². The smallest absolute Gasteiger partial charge is 0.126 e. The summed E-state index contributed by atoms with van der Waals surface area (Å²) in [6, 6.07) is 4.33. The van der Waals surface area contributed by atoms with Crippen LogP contribution >= 0.6 is 0 Å². The lowest BCUT2D eigenvalue weighted by atomic mass is 10.0. The summed E-state index contributed by atoms with van der Waals surface area (Å²) in [6.45, 7) is 5.37. The van der Waals surface area contributed by atoms with E-state index in [4.69, 9.17) is 0 Å². The van der Waals surface area contributed by atoms with Crippen LogP contribution in [0.15, 0.2) is 12.1 Å². The Labute approximate surface area is 104 Å². The Morgan fingerprint density at radius 1 is 1.29 bits per heavy atom. The lowest BCUT2D eigenvalue weighted by molar-refractivity contribution is 0.210. The quantitative estimate of drug-likeness (QED) is 0.865. The number of nitrogens with one attached hydrogen (secondary N) is 1. The van der Waals surface area contributed by atoms with Crippen LogP contribution in [0.3, 0.4) is 0 Å². The molecule has 0 aromatic carbocycles. The third kappa shape index (κ3) is 2.78. The van der Waals surface area contributed by atoms with E-state index in [1.54, 1.807) is 0 Å². The van der Waals surface area contributed by atoms with Gasteiger partial charge in [0.25, 0.3) is 0 Å². The number of anilines is 1. The highest BCUT2D eigenvalue weighted by Crippen LogP contribution is 2.22. The number of fused-ring (bicyclic) bond motifs is 1. The van der Waals surface area contributed by atoms with Crippen LogP contribution in [0.2, 0.25) is 0 Å². The van der Waals surface area contributed by atoms with Gasteiger partial charge in [-0.2, -0.15) is 0 Å². The van der Waals surface area contributed by atoms with Crippen LogP contribution in [0.4, 0.5) is 5.82 Å². The molecular formula is C14H23N3. The maximum absolute atomic E-state index is 4.69. The summed E-state index contributed by atoms with van der Waals surface area (Å²) in [5.74, 6) is 1.01. The molecule has 0 bridgehead atoms. The van der Waals surface area contributed by atoms with Crippen LogP contribution in [0.1, 0.15) is 31.5 Å². The SMILES string of the molecule is CN(C)C(C)(C)CNc1ccc2c(n1)CCC2. The van der Waals surface area contributed by atoms with Crippen molar-refractivity contribution < 1.29 is 0 Å². The topological polar surface area (TPSA) is 28.2 Å². The first-order chi connectivity index (χ1) is 7.99. The van der Waals surface area contributed by atoms with Crippen molar-refractivity contribution in [1.82, 2.24) is 9.88 Å². The van der Waals surface area contributed by atoms with Crippen molar-refractivity contribution in [3.8, 4) is 0 Å². The fraction of sp³-hybridized carbons (Fsp3) is 0.643. The molecule has 1 aliphatic rings. The number of nitrogens with zero attached hydrogens (tertiary/aromatic N) is 2. The Bertz CT molecular complexity index is 396. The number of rotatable bonds is 4. The van der Waals surface area contributed by atoms with Crippen molar-refractivity contribution in [2.24, 2.45) is 0 Å². The second kappa shape index (κ2) is 4.65. The minimum absolute atomic E-state index is 0.140. The Kier molecular flexibility index (Phi) is 3.38. The molecule has 2 rings (SSSR count). The second-order valence-corrected chi connectivity index (χ2v) is 5.72. The predicted octanol–water partition coefficient (Wildman–Crippen LogP) is 2.32. The molecule has 3 nitrogen and oxygen atoms in total. The van der Waals surface area contributed by atoms with Gasteiger partial charge in [-0.3, -0.25) is 0 Å². The molecule has 0 saturated carbocycles. The maximum Gasteiger partial charge on any atom is 0.126 e. The van der Waals surface area contributed by atoms with Gasteiger partial charge in [-0.15, -0.1) is 0 Å². The van der Waals surface area contributed by atoms with Gasteiger partial charge >= 0.3 is 0 Å². The highest BCUT2D eigenvalue weighted by molar-refractivity contribution is 5.40. The monoisotopic (exact) mass is 233 g/mol. The van der Waals surface area contributed by atoms with Crippen LogP contribution < -0.4 is 5.32 Å². The highest BCUT2D eigenvalue weighted by atomic mass is 15.2. The zero-order valence-corrected chi connectivity index (χ0v) is 11.4. The van der Waals surface area contributed by atoms with E-state index < -0.39 is 0 Å². The molecular weight excluding hydrogens is 210 g/mol. The summed E-state index contributed by atoms with van der Waals surface area (Å²) in [6.07, 6.45) is 3.60. The van der Waals surface area contributed by atoms with Crippen molar-refractivity contribution in [3.05, 3.63) is 23.4 Å². The zero-order valence-electron chi connectivity index (χ0n) is 11.4. The van der Waals surface area contributed by atoms with Gasteiger partial charge < -0.3 is 10.2 Å². The van der Waals surface area contributed by atoms with Crippen LogP contribution in [0.5, 0.6) is 0 Å². The minimum Gasteiger partial charge on any atom is -0.368 e. The third-order valence-corrected chi connectivity index (χ3v) is 3.84. The maximum atomic E-state index is 4.69. The molecule has 17 heavy (non-hydrogen) atoms. The summed E-state index contributed by atoms with van der Waals surface area (Å²) in [5.41, 5.74) is 2.86. The van der Waals surface area contributed by atoms with Crippen molar-refractivity contribution >= 4 is 5.82 Å². The Morgan fingerprint density at radius 2 is 2.06 bits per heavy atom. The van der Waals surface area contributed by atoms with E-state index in [1.807, 2.05) is 0 Å². The molecule has 0 aliphatic heterocycles. The van der Waals surface area contributed by atoms with E-state index in [-0.39, 0.29) is 5.54 Å². The molecule has 3 heteroatoms. The molecule has 1 aromatic rings. The molecule has 0 saturated heterocycles. The summed E-state index contributed by atoms with van der Waals surface area (Å²) in [7, 11) is 4.22. The van der Waals surface area contributed by atoms with Crippen molar-refractivity contribution in [2.45, 2.75) is 38.6 Å². The molecule has 1 aliphatic carbocycles. The highest BCUT2D eigenvalue weighted by Gasteiger charge is 2.20. The van der Waals surface area contributed by atoms with Crippen molar-refractivity contribution in [3.63, 3.8) is 0 Å². The normalized spacial score (nSPS) is 15.1. The van der Waals surface area contributed by atoms with E-state index in [2.05, 4.69) is 55.3 Å². The molecule has 1 aromatic heterocycles. The number of hydrogen-bond acceptors (Lipinski definition) is 3. The number of likely N-dealkylation sites (N-methyl/N-ethyl adjacent to an activating group) is 1. The number of aryl methyl sites for hydroxylation is 2. The molecule has 1 N–H and O–H groups in total. The summed E-state index contributed by atoms with van der Waals surface area (Å²) in [4.78, 5) is 6.92. The van der Waals surface area contributed by atoms with Gasteiger partial charge in [0.2, 0.25) is 0 Å². The molecule has 0 atom stereocenters. The van der Waals surface area contributed by atoms with Crippen LogP contribution in [0.25, 0.3) is 0 Å². The van der Waals surface area contributed by atoms with E-state index in [0.29, 0.717) is 0 Å². The van der Waals surface area contributed by atoms with Gasteiger partial charge in [-0.1, -0.05) is 6.07 Å². The van der Waals surface area contributed by atoms with Crippen LogP contribution in [-0.4, -0.2) is 36.1 Å². The van der Waals surface area contributed by atoms with Gasteiger partial charge in [0.1, 0.15) is 5.82 Å². The Hall–Kier alpha value is -1.09. The van der Waals surface area contributed by atoms with E-state index in [1.165, 1.54) is 24.1 Å². The zero-order chi connectivity index (χ0) is 12.5. The lowest BCUT2D eigenvalue weighted by Crippen LogP contribution is -2.44. The number of hydrogen-bond donors (Lipinski definition) is 1. The predicted molar refractivity (Wildman–Crippen MR) is 72.5 cm³/mol. The summed E-state index contributed by atoms with van der Waals surface area (Å²) >= 11 is 0. The average molecular weight is 233 g/mol. The first-order valence-electron chi connectivity index (χ1n) is 6.39. The van der Waals surface area contributed by atoms with Gasteiger partial charge in [0.05, 0.1) is 0 Å².